The van der Waals surface area contributed by atoms with Crippen molar-refractivity contribution in [3.05, 3.63) is 36.0 Å². The lowest BCUT2D eigenvalue weighted by molar-refractivity contribution is 1.21. The zero-order chi connectivity index (χ0) is 6.69. The van der Waals surface area contributed by atoms with Crippen molar-refractivity contribution in [1.82, 2.24) is 0 Å². The van der Waals surface area contributed by atoms with Gasteiger partial charge in [-0.2, -0.15) is 0 Å². The van der Waals surface area contributed by atoms with Crippen molar-refractivity contribution in [3.8, 4) is 0 Å². The molecule has 0 aromatic rings. The minimum atomic E-state index is 1.04. The van der Waals surface area contributed by atoms with Crippen LogP contribution in [0.3, 0.4) is 0 Å². The summed E-state index contributed by atoms with van der Waals surface area (Å²) in [5, 5.41) is 0. The summed E-state index contributed by atoms with van der Waals surface area (Å²) in [6, 6.07) is 0. The molecule has 0 heterocycles. The van der Waals surface area contributed by atoms with Crippen LogP contribution in [0.5, 0.6) is 0 Å². The first-order valence-corrected chi connectivity index (χ1v) is 4.47. The van der Waals surface area contributed by atoms with Crippen molar-refractivity contribution in [3.63, 3.8) is 0 Å². The molecule has 1 aliphatic carbocycles. The molecule has 0 saturated carbocycles. The molecule has 0 bridgehead atoms. The molecule has 0 spiro atoms. The molecule has 0 saturated heterocycles. The van der Waals surface area contributed by atoms with Crippen LogP contribution in [0.4, 0.5) is 0 Å². The molecule has 0 amide bonds. The smallest absolute Gasteiger partial charge is 0.0249 e. The van der Waals surface area contributed by atoms with Crippen LogP contribution in [-0.2, 0) is 0 Å². The standard InChI is InChI=1S/C8H9I/c1-7-4-2-3-5-8(7)6-9/h2-3,5H,1,4,6H2. The van der Waals surface area contributed by atoms with Crippen LogP contribution in [0, 0.1) is 0 Å². The van der Waals surface area contributed by atoms with E-state index in [1.54, 1.807) is 0 Å². The van der Waals surface area contributed by atoms with Crippen molar-refractivity contribution in [1.29, 1.82) is 0 Å². The van der Waals surface area contributed by atoms with Gasteiger partial charge in [-0.15, -0.1) is 0 Å². The summed E-state index contributed by atoms with van der Waals surface area (Å²) in [5.41, 5.74) is 2.66. The van der Waals surface area contributed by atoms with Crippen LogP contribution >= 0.6 is 22.6 Å². The van der Waals surface area contributed by atoms with Gasteiger partial charge >= 0.3 is 0 Å². The molecule has 0 unspecified atom stereocenters. The van der Waals surface area contributed by atoms with Gasteiger partial charge in [-0.05, 0) is 17.6 Å². The second-order valence-electron chi connectivity index (χ2n) is 2.06. The fraction of sp³-hybridized carbons (Fsp3) is 0.250. The normalized spacial score (nSPS) is 17.9. The number of hydrogen-bond donors (Lipinski definition) is 0. The molecular formula is C8H9I. The Hall–Kier alpha value is -0.0500. The second-order valence-corrected chi connectivity index (χ2v) is 2.82. The van der Waals surface area contributed by atoms with Crippen LogP contribution < -0.4 is 0 Å². The molecule has 1 aliphatic rings. The molecule has 9 heavy (non-hydrogen) atoms. The van der Waals surface area contributed by atoms with E-state index < -0.39 is 0 Å². The molecule has 0 aliphatic heterocycles. The van der Waals surface area contributed by atoms with Crippen LogP contribution in [0.1, 0.15) is 6.42 Å². The third-order valence-corrected chi connectivity index (χ3v) is 2.22. The maximum Gasteiger partial charge on any atom is 0.0249 e. The van der Waals surface area contributed by atoms with Gasteiger partial charge in [0.2, 0.25) is 0 Å². The summed E-state index contributed by atoms with van der Waals surface area (Å²) in [5.74, 6) is 0. The zero-order valence-electron chi connectivity index (χ0n) is 5.23. The number of allylic oxidation sites excluding steroid dienone is 5. The topological polar surface area (TPSA) is 0 Å². The Morgan fingerprint density at radius 1 is 1.67 bits per heavy atom. The van der Waals surface area contributed by atoms with Crippen LogP contribution in [-0.4, -0.2) is 4.43 Å². The summed E-state index contributed by atoms with van der Waals surface area (Å²) in [6.07, 6.45) is 7.41. The summed E-state index contributed by atoms with van der Waals surface area (Å²) in [7, 11) is 0. The molecule has 0 atom stereocenters. The van der Waals surface area contributed by atoms with E-state index in [2.05, 4.69) is 47.4 Å². The Balaban J connectivity index is 2.74. The van der Waals surface area contributed by atoms with Gasteiger partial charge in [0.1, 0.15) is 0 Å². The lowest BCUT2D eigenvalue weighted by atomic mass is 10.0. The van der Waals surface area contributed by atoms with E-state index in [0.717, 1.165) is 10.8 Å². The summed E-state index contributed by atoms with van der Waals surface area (Å²) < 4.78 is 1.08. The Labute approximate surface area is 69.5 Å². The largest absolute Gasteiger partial charge is 0.0952 e. The Kier molecular flexibility index (Phi) is 2.51. The third-order valence-electron chi connectivity index (χ3n) is 1.40. The lowest BCUT2D eigenvalue weighted by Gasteiger charge is -2.07. The van der Waals surface area contributed by atoms with Gasteiger partial charge in [0, 0.05) is 4.43 Å². The number of rotatable bonds is 1. The van der Waals surface area contributed by atoms with E-state index in [1.807, 2.05) is 0 Å². The second kappa shape index (κ2) is 3.20. The molecule has 0 nitrogen and oxygen atoms in total. The maximum atomic E-state index is 3.94. The van der Waals surface area contributed by atoms with Crippen molar-refractivity contribution in [2.24, 2.45) is 0 Å². The Bertz CT molecular complexity index is 175. The average Bonchev–Trinajstić information content (AvgIpc) is 1.89. The monoisotopic (exact) mass is 232 g/mol. The number of alkyl halides is 1. The van der Waals surface area contributed by atoms with Crippen molar-refractivity contribution in [2.45, 2.75) is 6.42 Å². The van der Waals surface area contributed by atoms with Gasteiger partial charge in [-0.1, -0.05) is 47.4 Å². The van der Waals surface area contributed by atoms with E-state index in [1.165, 1.54) is 11.1 Å². The summed E-state index contributed by atoms with van der Waals surface area (Å²) in [6.45, 7) is 3.94. The third kappa shape index (κ3) is 1.68. The van der Waals surface area contributed by atoms with Crippen LogP contribution in [0.15, 0.2) is 36.0 Å². The highest BCUT2D eigenvalue weighted by molar-refractivity contribution is 14.1. The number of halogens is 1. The number of hydrogen-bond acceptors (Lipinski definition) is 0. The molecule has 48 valence electrons. The molecule has 0 aromatic carbocycles. The quantitative estimate of drug-likeness (QED) is 0.481. The van der Waals surface area contributed by atoms with E-state index >= 15 is 0 Å². The van der Waals surface area contributed by atoms with Gasteiger partial charge in [-0.25, -0.2) is 0 Å². The molecule has 0 radical (unpaired) electrons. The predicted octanol–water partition coefficient (Wildman–Crippen LogP) is 2.86. The van der Waals surface area contributed by atoms with E-state index in [0.29, 0.717) is 0 Å². The van der Waals surface area contributed by atoms with E-state index in [9.17, 15) is 0 Å². The van der Waals surface area contributed by atoms with Gasteiger partial charge in [0.05, 0.1) is 0 Å². The van der Waals surface area contributed by atoms with E-state index in [4.69, 9.17) is 0 Å². The molecule has 1 heteroatoms. The van der Waals surface area contributed by atoms with Gasteiger partial charge in [0.25, 0.3) is 0 Å². The minimum absolute atomic E-state index is 1.04. The minimum Gasteiger partial charge on any atom is -0.0952 e. The predicted molar refractivity (Wildman–Crippen MR) is 49.9 cm³/mol. The fourth-order valence-corrected chi connectivity index (χ4v) is 1.58. The lowest BCUT2D eigenvalue weighted by Crippen LogP contribution is -1.91. The molecule has 0 fully saturated rings. The molecule has 0 N–H and O–H groups in total. The van der Waals surface area contributed by atoms with Crippen LogP contribution in [0.2, 0.25) is 0 Å². The summed E-state index contributed by atoms with van der Waals surface area (Å²) in [4.78, 5) is 0. The zero-order valence-corrected chi connectivity index (χ0v) is 7.39. The molecular weight excluding hydrogens is 223 g/mol. The fourth-order valence-electron chi connectivity index (χ4n) is 0.782. The first-order chi connectivity index (χ1) is 4.34. The average molecular weight is 232 g/mol. The first kappa shape index (κ1) is 7.06. The summed E-state index contributed by atoms with van der Waals surface area (Å²) >= 11 is 2.36. The van der Waals surface area contributed by atoms with Gasteiger partial charge in [0.15, 0.2) is 0 Å². The Morgan fingerprint density at radius 2 is 2.44 bits per heavy atom. The maximum absolute atomic E-state index is 3.94. The highest BCUT2D eigenvalue weighted by atomic mass is 127. The highest BCUT2D eigenvalue weighted by Crippen LogP contribution is 2.18. The molecule has 0 aromatic heterocycles. The van der Waals surface area contributed by atoms with Crippen molar-refractivity contribution >= 4 is 22.6 Å². The molecule has 1 rings (SSSR count). The first-order valence-electron chi connectivity index (χ1n) is 2.94. The van der Waals surface area contributed by atoms with Gasteiger partial charge in [-0.3, -0.25) is 0 Å². The van der Waals surface area contributed by atoms with Gasteiger partial charge < -0.3 is 0 Å². The van der Waals surface area contributed by atoms with Crippen molar-refractivity contribution in [2.75, 3.05) is 4.43 Å². The Morgan fingerprint density at radius 3 is 2.89 bits per heavy atom. The SMILES string of the molecule is C=C1CC=CC=C1CI. The highest BCUT2D eigenvalue weighted by Gasteiger charge is 2.00. The van der Waals surface area contributed by atoms with Crippen molar-refractivity contribution < 1.29 is 0 Å². The van der Waals surface area contributed by atoms with Crippen LogP contribution in [0.25, 0.3) is 0 Å². The van der Waals surface area contributed by atoms with E-state index in [-0.39, 0.29) is 0 Å².